The van der Waals surface area contributed by atoms with E-state index < -0.39 is 0 Å². The number of benzene rings is 2. The maximum Gasteiger partial charge on any atom is 0.254 e. The molecule has 1 amide bonds. The fourth-order valence-corrected chi connectivity index (χ4v) is 2.19. The van der Waals surface area contributed by atoms with Gasteiger partial charge < -0.3 is 10.0 Å². The highest BCUT2D eigenvalue weighted by molar-refractivity contribution is 5.98. The summed E-state index contributed by atoms with van der Waals surface area (Å²) < 4.78 is 0. The van der Waals surface area contributed by atoms with Gasteiger partial charge in [-0.05, 0) is 36.8 Å². The van der Waals surface area contributed by atoms with Gasteiger partial charge in [0.2, 0.25) is 0 Å². The lowest BCUT2D eigenvalue weighted by molar-refractivity contribution is 0.0665. The fraction of sp³-hybridized carbons (Fsp3) is 0.312. The number of hydrogen-bond donors (Lipinski definition) is 1. The van der Waals surface area contributed by atoms with E-state index in [9.17, 15) is 4.79 Å². The topological polar surface area (TPSA) is 40.5 Å². The molecule has 0 fully saturated rings. The quantitative estimate of drug-likeness (QED) is 0.914. The van der Waals surface area contributed by atoms with Crippen LogP contribution in [-0.2, 0) is 0 Å². The number of aliphatic hydroxyl groups is 1. The highest BCUT2D eigenvalue weighted by Gasteiger charge is 2.18. The van der Waals surface area contributed by atoms with E-state index in [0.717, 1.165) is 10.8 Å². The van der Waals surface area contributed by atoms with Crippen LogP contribution in [0.15, 0.2) is 42.5 Å². The molecule has 100 valence electrons. The first-order valence-corrected chi connectivity index (χ1v) is 6.54. The first-order chi connectivity index (χ1) is 9.13. The molecule has 0 aliphatic heterocycles. The Kier molecular flexibility index (Phi) is 4.17. The average Bonchev–Trinajstić information content (AvgIpc) is 2.43. The van der Waals surface area contributed by atoms with Crippen LogP contribution in [-0.4, -0.2) is 35.1 Å². The van der Waals surface area contributed by atoms with Gasteiger partial charge in [-0.1, -0.05) is 30.3 Å². The second kappa shape index (κ2) is 5.85. The van der Waals surface area contributed by atoms with Gasteiger partial charge in [0.25, 0.3) is 5.91 Å². The van der Waals surface area contributed by atoms with Crippen molar-refractivity contribution >= 4 is 16.7 Å². The van der Waals surface area contributed by atoms with Gasteiger partial charge in [0.05, 0.1) is 6.61 Å². The van der Waals surface area contributed by atoms with E-state index in [1.54, 1.807) is 4.90 Å². The summed E-state index contributed by atoms with van der Waals surface area (Å²) in [5.41, 5.74) is 0.667. The standard InChI is InChI=1S/C16H19NO2/c1-12(2)17(9-10-18)16(19)15-8-7-13-5-3-4-6-14(13)11-15/h3-8,11-12,18H,9-10H2,1-2H3. The first-order valence-electron chi connectivity index (χ1n) is 6.54. The Labute approximate surface area is 113 Å². The SMILES string of the molecule is CC(C)N(CCO)C(=O)c1ccc2ccccc2c1. The van der Waals surface area contributed by atoms with E-state index in [2.05, 4.69) is 0 Å². The number of aliphatic hydroxyl groups excluding tert-OH is 1. The minimum absolute atomic E-state index is 0.0164. The molecule has 0 heterocycles. The van der Waals surface area contributed by atoms with Crippen LogP contribution >= 0.6 is 0 Å². The van der Waals surface area contributed by atoms with Gasteiger partial charge in [-0.15, -0.1) is 0 Å². The third-order valence-electron chi connectivity index (χ3n) is 3.22. The third-order valence-corrected chi connectivity index (χ3v) is 3.22. The smallest absolute Gasteiger partial charge is 0.254 e. The zero-order valence-electron chi connectivity index (χ0n) is 11.3. The molecular formula is C16H19NO2. The number of hydrogen-bond acceptors (Lipinski definition) is 2. The van der Waals surface area contributed by atoms with Crippen LogP contribution in [0.5, 0.6) is 0 Å². The zero-order valence-corrected chi connectivity index (χ0v) is 11.3. The van der Waals surface area contributed by atoms with Gasteiger partial charge in [0, 0.05) is 18.2 Å². The van der Waals surface area contributed by atoms with E-state index in [1.807, 2.05) is 56.3 Å². The molecular weight excluding hydrogens is 238 g/mol. The average molecular weight is 257 g/mol. The lowest BCUT2D eigenvalue weighted by Crippen LogP contribution is -2.38. The predicted molar refractivity (Wildman–Crippen MR) is 77.2 cm³/mol. The van der Waals surface area contributed by atoms with E-state index in [4.69, 9.17) is 5.11 Å². The summed E-state index contributed by atoms with van der Waals surface area (Å²) >= 11 is 0. The minimum atomic E-state index is -0.0326. The number of carbonyl (C=O) groups excluding carboxylic acids is 1. The van der Waals surface area contributed by atoms with Crippen LogP contribution in [0.3, 0.4) is 0 Å². The van der Waals surface area contributed by atoms with E-state index in [1.165, 1.54) is 0 Å². The second-order valence-electron chi connectivity index (χ2n) is 4.88. The van der Waals surface area contributed by atoms with Crippen LogP contribution in [0.25, 0.3) is 10.8 Å². The summed E-state index contributed by atoms with van der Waals surface area (Å²) in [6.07, 6.45) is 0. The molecule has 2 rings (SSSR count). The maximum absolute atomic E-state index is 12.4. The molecule has 0 radical (unpaired) electrons. The summed E-state index contributed by atoms with van der Waals surface area (Å²) in [6, 6.07) is 13.8. The van der Waals surface area contributed by atoms with Gasteiger partial charge >= 0.3 is 0 Å². The summed E-state index contributed by atoms with van der Waals surface area (Å²) in [4.78, 5) is 14.1. The maximum atomic E-state index is 12.4. The Morgan fingerprint density at radius 2 is 1.84 bits per heavy atom. The van der Waals surface area contributed by atoms with Crippen molar-refractivity contribution in [2.75, 3.05) is 13.2 Å². The molecule has 0 bridgehead atoms. The molecule has 2 aromatic carbocycles. The summed E-state index contributed by atoms with van der Waals surface area (Å²) in [6.45, 7) is 4.25. The van der Waals surface area contributed by atoms with Gasteiger partial charge in [-0.3, -0.25) is 4.79 Å². The molecule has 0 unspecified atom stereocenters. The molecule has 0 saturated heterocycles. The minimum Gasteiger partial charge on any atom is -0.395 e. The highest BCUT2D eigenvalue weighted by Crippen LogP contribution is 2.17. The third kappa shape index (κ3) is 2.93. The molecule has 0 aliphatic rings. The van der Waals surface area contributed by atoms with Crippen LogP contribution < -0.4 is 0 Å². The van der Waals surface area contributed by atoms with Crippen molar-refractivity contribution in [1.82, 2.24) is 4.90 Å². The number of carbonyl (C=O) groups is 1. The normalized spacial score (nSPS) is 10.9. The highest BCUT2D eigenvalue weighted by atomic mass is 16.3. The molecule has 0 aliphatic carbocycles. The van der Waals surface area contributed by atoms with Crippen LogP contribution in [0, 0.1) is 0 Å². The van der Waals surface area contributed by atoms with Gasteiger partial charge in [0.1, 0.15) is 0 Å². The van der Waals surface area contributed by atoms with Gasteiger partial charge in [0.15, 0.2) is 0 Å². The monoisotopic (exact) mass is 257 g/mol. The summed E-state index contributed by atoms with van der Waals surface area (Å²) in [5, 5.41) is 11.2. The van der Waals surface area contributed by atoms with Crippen molar-refractivity contribution < 1.29 is 9.90 Å². The van der Waals surface area contributed by atoms with Crippen molar-refractivity contribution in [3.63, 3.8) is 0 Å². The van der Waals surface area contributed by atoms with Crippen molar-refractivity contribution in [2.24, 2.45) is 0 Å². The Bertz CT molecular complexity index is 578. The Morgan fingerprint density at radius 1 is 1.16 bits per heavy atom. The van der Waals surface area contributed by atoms with E-state index >= 15 is 0 Å². The molecule has 0 atom stereocenters. The molecule has 1 N–H and O–H groups in total. The number of amides is 1. The molecule has 19 heavy (non-hydrogen) atoms. The zero-order chi connectivity index (χ0) is 13.8. The molecule has 0 saturated carbocycles. The number of fused-ring (bicyclic) bond motifs is 1. The summed E-state index contributed by atoms with van der Waals surface area (Å²) in [5.74, 6) is -0.0326. The lowest BCUT2D eigenvalue weighted by atomic mass is 10.1. The van der Waals surface area contributed by atoms with Crippen LogP contribution in [0.1, 0.15) is 24.2 Å². The molecule has 0 aromatic heterocycles. The fourth-order valence-electron chi connectivity index (χ4n) is 2.19. The van der Waals surface area contributed by atoms with Crippen molar-refractivity contribution in [2.45, 2.75) is 19.9 Å². The van der Waals surface area contributed by atoms with Crippen molar-refractivity contribution in [3.8, 4) is 0 Å². The lowest BCUT2D eigenvalue weighted by Gasteiger charge is -2.26. The van der Waals surface area contributed by atoms with Crippen molar-refractivity contribution in [1.29, 1.82) is 0 Å². The molecule has 2 aromatic rings. The number of nitrogens with zero attached hydrogens (tertiary/aromatic N) is 1. The van der Waals surface area contributed by atoms with Gasteiger partial charge in [-0.25, -0.2) is 0 Å². The summed E-state index contributed by atoms with van der Waals surface area (Å²) in [7, 11) is 0. The molecule has 3 heteroatoms. The van der Waals surface area contributed by atoms with Crippen LogP contribution in [0.2, 0.25) is 0 Å². The van der Waals surface area contributed by atoms with E-state index in [0.29, 0.717) is 12.1 Å². The second-order valence-corrected chi connectivity index (χ2v) is 4.88. The van der Waals surface area contributed by atoms with Gasteiger partial charge in [-0.2, -0.15) is 0 Å². The Balaban J connectivity index is 2.34. The molecule has 0 spiro atoms. The van der Waals surface area contributed by atoms with Crippen LogP contribution in [0.4, 0.5) is 0 Å². The Morgan fingerprint density at radius 3 is 2.47 bits per heavy atom. The largest absolute Gasteiger partial charge is 0.395 e. The first kappa shape index (κ1) is 13.6. The van der Waals surface area contributed by atoms with Crippen molar-refractivity contribution in [3.05, 3.63) is 48.0 Å². The predicted octanol–water partition coefficient (Wildman–Crippen LogP) is 2.68. The molecule has 3 nitrogen and oxygen atoms in total. The van der Waals surface area contributed by atoms with E-state index in [-0.39, 0.29) is 18.6 Å². The number of rotatable bonds is 4. The Hall–Kier alpha value is -1.87.